The van der Waals surface area contributed by atoms with Crippen molar-refractivity contribution in [1.82, 2.24) is 15.3 Å². The molecule has 2 aliphatic carbocycles. The van der Waals surface area contributed by atoms with Crippen molar-refractivity contribution in [2.24, 2.45) is 5.92 Å². The molecular formula is C23H33N3S. The van der Waals surface area contributed by atoms with Crippen molar-refractivity contribution in [2.75, 3.05) is 6.26 Å². The molecule has 0 bridgehead atoms. The number of H-pyrrole nitrogens is 1. The lowest BCUT2D eigenvalue weighted by Gasteiger charge is -2.34. The van der Waals surface area contributed by atoms with Crippen molar-refractivity contribution in [3.05, 3.63) is 36.3 Å². The van der Waals surface area contributed by atoms with Crippen LogP contribution in [0, 0.1) is 5.92 Å². The predicted molar refractivity (Wildman–Crippen MR) is 115 cm³/mol. The van der Waals surface area contributed by atoms with Gasteiger partial charge in [0.2, 0.25) is 0 Å². The van der Waals surface area contributed by atoms with Crippen LogP contribution in [0.15, 0.2) is 35.4 Å². The van der Waals surface area contributed by atoms with E-state index in [1.165, 1.54) is 74.7 Å². The Balaban J connectivity index is 1.58. The molecule has 2 aromatic rings. The van der Waals surface area contributed by atoms with E-state index in [1.54, 1.807) is 11.8 Å². The van der Waals surface area contributed by atoms with E-state index < -0.39 is 0 Å². The number of thioether (sulfide) groups is 1. The highest BCUT2D eigenvalue weighted by Crippen LogP contribution is 2.36. The minimum Gasteiger partial charge on any atom is -0.341 e. The normalized spacial score (nSPS) is 20.6. The Labute approximate surface area is 168 Å². The number of nitrogens with zero attached hydrogens (tertiary/aromatic N) is 1. The largest absolute Gasteiger partial charge is 0.341 e. The third-order valence-corrected chi connectivity index (χ3v) is 7.22. The Morgan fingerprint density at radius 3 is 2.44 bits per heavy atom. The van der Waals surface area contributed by atoms with Gasteiger partial charge in [-0.2, -0.15) is 0 Å². The molecule has 27 heavy (non-hydrogen) atoms. The molecule has 0 unspecified atom stereocenters. The summed E-state index contributed by atoms with van der Waals surface area (Å²) in [6, 6.07) is 9.67. The molecule has 3 nitrogen and oxygen atoms in total. The number of imidazole rings is 1. The monoisotopic (exact) mass is 383 g/mol. The lowest BCUT2D eigenvalue weighted by molar-refractivity contribution is 0.227. The molecule has 146 valence electrons. The lowest BCUT2D eigenvalue weighted by atomic mass is 9.82. The van der Waals surface area contributed by atoms with Gasteiger partial charge in [0.1, 0.15) is 5.82 Å². The second-order valence-corrected chi connectivity index (χ2v) is 9.11. The van der Waals surface area contributed by atoms with Gasteiger partial charge in [-0.25, -0.2) is 4.98 Å². The first-order valence-electron chi connectivity index (χ1n) is 10.8. The molecule has 4 rings (SSSR count). The molecule has 0 spiro atoms. The van der Waals surface area contributed by atoms with Crippen LogP contribution in [0.2, 0.25) is 0 Å². The molecule has 2 N–H and O–H groups in total. The van der Waals surface area contributed by atoms with Gasteiger partial charge in [0.05, 0.1) is 17.9 Å². The third kappa shape index (κ3) is 4.60. The van der Waals surface area contributed by atoms with Gasteiger partial charge in [-0.3, -0.25) is 0 Å². The van der Waals surface area contributed by atoms with E-state index in [0.29, 0.717) is 12.1 Å². The number of nitrogens with one attached hydrogen (secondary N) is 2. The Bertz CT molecular complexity index is 714. The molecule has 1 atom stereocenters. The van der Waals surface area contributed by atoms with Crippen molar-refractivity contribution < 1.29 is 0 Å². The number of aromatic amines is 1. The standard InChI is InChI=1S/C23H33N3S/c1-27-21-15-9-8-14-19(21)20-16-24-23(26-20)22(17-10-4-2-5-11-17)25-18-12-6-3-7-13-18/h8-9,14-18,22,25H,2-7,10-13H2,1H3,(H,24,26)/t22-/m0/s1. The van der Waals surface area contributed by atoms with Gasteiger partial charge >= 0.3 is 0 Å². The molecule has 4 heteroatoms. The summed E-state index contributed by atoms with van der Waals surface area (Å²) < 4.78 is 0. The maximum atomic E-state index is 4.88. The molecule has 2 saturated carbocycles. The van der Waals surface area contributed by atoms with Crippen LogP contribution in [-0.2, 0) is 0 Å². The molecule has 0 aliphatic heterocycles. The maximum Gasteiger partial charge on any atom is 0.124 e. The number of rotatable bonds is 6. The van der Waals surface area contributed by atoms with Crippen molar-refractivity contribution in [3.8, 4) is 11.3 Å². The molecule has 0 amide bonds. The van der Waals surface area contributed by atoms with Crippen LogP contribution in [0.3, 0.4) is 0 Å². The first-order valence-corrected chi connectivity index (χ1v) is 12.0. The quantitative estimate of drug-likeness (QED) is 0.572. The van der Waals surface area contributed by atoms with E-state index in [0.717, 1.165) is 17.4 Å². The molecule has 0 radical (unpaired) electrons. The summed E-state index contributed by atoms with van der Waals surface area (Å²) >= 11 is 1.80. The summed E-state index contributed by atoms with van der Waals surface area (Å²) in [5, 5.41) is 4.04. The number of hydrogen-bond acceptors (Lipinski definition) is 3. The van der Waals surface area contributed by atoms with E-state index in [2.05, 4.69) is 40.8 Å². The fraction of sp³-hybridized carbons (Fsp3) is 0.609. The number of benzene rings is 1. The van der Waals surface area contributed by atoms with Crippen LogP contribution in [0.4, 0.5) is 0 Å². The highest BCUT2D eigenvalue weighted by molar-refractivity contribution is 7.98. The third-order valence-electron chi connectivity index (χ3n) is 6.43. The first kappa shape index (κ1) is 19.1. The van der Waals surface area contributed by atoms with Crippen LogP contribution < -0.4 is 5.32 Å². The molecular weight excluding hydrogens is 350 g/mol. The fourth-order valence-electron chi connectivity index (χ4n) is 4.93. The van der Waals surface area contributed by atoms with Crippen molar-refractivity contribution in [1.29, 1.82) is 0 Å². The van der Waals surface area contributed by atoms with Crippen molar-refractivity contribution in [2.45, 2.75) is 81.2 Å². The SMILES string of the molecule is CSc1ccccc1-c1cnc([C@@H](NC2CCCCC2)C2CCCCC2)[nH]1. The second kappa shape index (κ2) is 9.29. The molecule has 1 aromatic heterocycles. The first-order chi connectivity index (χ1) is 13.3. The smallest absolute Gasteiger partial charge is 0.124 e. The van der Waals surface area contributed by atoms with Gasteiger partial charge in [0.25, 0.3) is 0 Å². The Kier molecular flexibility index (Phi) is 6.56. The number of aromatic nitrogens is 2. The zero-order valence-electron chi connectivity index (χ0n) is 16.5. The van der Waals surface area contributed by atoms with E-state index in [4.69, 9.17) is 4.98 Å². The topological polar surface area (TPSA) is 40.7 Å². The van der Waals surface area contributed by atoms with E-state index in [1.807, 2.05) is 6.20 Å². The second-order valence-electron chi connectivity index (χ2n) is 8.26. The minimum atomic E-state index is 0.378. The van der Waals surface area contributed by atoms with Gasteiger partial charge in [-0.1, -0.05) is 56.7 Å². The predicted octanol–water partition coefficient (Wildman–Crippen LogP) is 6.34. The fourth-order valence-corrected chi connectivity index (χ4v) is 5.54. The summed E-state index contributed by atoms with van der Waals surface area (Å²) in [7, 11) is 0. The summed E-state index contributed by atoms with van der Waals surface area (Å²) in [4.78, 5) is 9.89. The Morgan fingerprint density at radius 1 is 1.00 bits per heavy atom. The van der Waals surface area contributed by atoms with Gasteiger partial charge in [-0.05, 0) is 43.9 Å². The molecule has 0 saturated heterocycles. The number of hydrogen-bond donors (Lipinski definition) is 2. The average Bonchev–Trinajstić information content (AvgIpc) is 3.23. The van der Waals surface area contributed by atoms with Gasteiger partial charge < -0.3 is 10.3 Å². The van der Waals surface area contributed by atoms with Crippen LogP contribution in [0.1, 0.15) is 76.1 Å². The van der Waals surface area contributed by atoms with Crippen LogP contribution in [0.5, 0.6) is 0 Å². The van der Waals surface area contributed by atoms with Crippen LogP contribution in [0.25, 0.3) is 11.3 Å². The maximum absolute atomic E-state index is 4.88. The highest BCUT2D eigenvalue weighted by Gasteiger charge is 2.30. The zero-order chi connectivity index (χ0) is 18.5. The van der Waals surface area contributed by atoms with Crippen molar-refractivity contribution in [3.63, 3.8) is 0 Å². The van der Waals surface area contributed by atoms with Crippen LogP contribution >= 0.6 is 11.8 Å². The summed E-state index contributed by atoms with van der Waals surface area (Å²) in [6.07, 6.45) is 17.8. The average molecular weight is 384 g/mol. The van der Waals surface area contributed by atoms with E-state index >= 15 is 0 Å². The molecule has 1 heterocycles. The summed E-state index contributed by atoms with van der Waals surface area (Å²) in [5.41, 5.74) is 2.42. The molecule has 1 aromatic carbocycles. The Hall–Kier alpha value is -1.26. The highest BCUT2D eigenvalue weighted by atomic mass is 32.2. The van der Waals surface area contributed by atoms with Gasteiger partial charge in [0.15, 0.2) is 0 Å². The zero-order valence-corrected chi connectivity index (χ0v) is 17.4. The van der Waals surface area contributed by atoms with Gasteiger partial charge in [-0.15, -0.1) is 11.8 Å². The molecule has 2 aliphatic rings. The summed E-state index contributed by atoms with van der Waals surface area (Å²) in [5.74, 6) is 1.87. The Morgan fingerprint density at radius 2 is 1.70 bits per heavy atom. The van der Waals surface area contributed by atoms with E-state index in [9.17, 15) is 0 Å². The lowest BCUT2D eigenvalue weighted by Crippen LogP contribution is -2.39. The van der Waals surface area contributed by atoms with Crippen molar-refractivity contribution >= 4 is 11.8 Å². The minimum absolute atomic E-state index is 0.378. The molecule has 2 fully saturated rings. The van der Waals surface area contributed by atoms with E-state index in [-0.39, 0.29) is 0 Å². The van der Waals surface area contributed by atoms with Crippen LogP contribution in [-0.4, -0.2) is 22.3 Å². The van der Waals surface area contributed by atoms with Gasteiger partial charge in [0, 0.05) is 16.5 Å². The summed E-state index contributed by atoms with van der Waals surface area (Å²) in [6.45, 7) is 0.